The highest BCUT2D eigenvalue weighted by Crippen LogP contribution is 2.48. The molecule has 3 heterocycles. The van der Waals surface area contributed by atoms with Gasteiger partial charge < -0.3 is 19.1 Å². The van der Waals surface area contributed by atoms with E-state index >= 15 is 0 Å². The first-order valence-corrected chi connectivity index (χ1v) is 19.7. The van der Waals surface area contributed by atoms with Gasteiger partial charge in [0.1, 0.15) is 12.4 Å². The maximum Gasteiger partial charge on any atom is 0.264 e. The largest absolute Gasteiger partial charge is 0.487 e. The molecule has 1 saturated carbocycles. The lowest BCUT2D eigenvalue weighted by Gasteiger charge is -2.53. The van der Waals surface area contributed by atoms with Gasteiger partial charge in [0, 0.05) is 50.4 Å². The fourth-order valence-corrected chi connectivity index (χ4v) is 9.73. The molecule has 2 bridgehead atoms. The summed E-state index contributed by atoms with van der Waals surface area (Å²) in [4.78, 5) is 18.4. The number of anilines is 1. The second-order valence-electron chi connectivity index (χ2n) is 14.4. The third-order valence-corrected chi connectivity index (χ3v) is 13.7. The zero-order valence-corrected chi connectivity index (χ0v) is 30.3. The molecule has 1 N–H and O–H groups in total. The molecule has 1 amide bonds. The van der Waals surface area contributed by atoms with Crippen LogP contribution in [-0.2, 0) is 32.5 Å². The smallest absolute Gasteiger partial charge is 0.264 e. The van der Waals surface area contributed by atoms with Gasteiger partial charge in [-0.1, -0.05) is 31.0 Å². The molecular weight excluding hydrogens is 650 g/mol. The van der Waals surface area contributed by atoms with Crippen LogP contribution in [0.1, 0.15) is 80.3 Å². The average Bonchev–Trinajstić information content (AvgIpc) is 3.09. The van der Waals surface area contributed by atoms with Crippen molar-refractivity contribution in [3.05, 3.63) is 58.1 Å². The number of nitrogens with zero attached hydrogens (tertiary/aromatic N) is 2. The van der Waals surface area contributed by atoms with E-state index < -0.39 is 21.2 Å². The Labute approximate surface area is 291 Å². The summed E-state index contributed by atoms with van der Waals surface area (Å²) in [6.45, 7) is 9.74. The Kier molecular flexibility index (Phi) is 11.3. The van der Waals surface area contributed by atoms with E-state index in [2.05, 4.69) is 14.5 Å². The third-order valence-electron chi connectivity index (χ3n) is 11.6. The first kappa shape index (κ1) is 35.5. The molecule has 0 unspecified atom stereocenters. The molecule has 9 nitrogen and oxygen atoms in total. The van der Waals surface area contributed by atoms with Crippen LogP contribution in [0, 0.1) is 17.8 Å². The number of fused-ring (bicyclic) bond motifs is 3. The number of rotatable bonds is 3. The number of nitrogens with one attached hydrogen (secondary N) is 1. The fourth-order valence-electron chi connectivity index (χ4n) is 8.23. The van der Waals surface area contributed by atoms with Crippen LogP contribution in [0.3, 0.4) is 0 Å². The first-order chi connectivity index (χ1) is 23.1. The number of carbonyl (C=O) groups is 1. The van der Waals surface area contributed by atoms with Crippen LogP contribution in [0.15, 0.2) is 36.4 Å². The van der Waals surface area contributed by atoms with Crippen LogP contribution in [0.5, 0.6) is 5.75 Å². The summed E-state index contributed by atoms with van der Waals surface area (Å²) in [6.07, 6.45) is 7.49. The Morgan fingerprint density at radius 3 is 2.56 bits per heavy atom. The van der Waals surface area contributed by atoms with Gasteiger partial charge in [-0.15, -0.1) is 0 Å². The number of ether oxygens (including phenoxy) is 3. The predicted molar refractivity (Wildman–Crippen MR) is 189 cm³/mol. The quantitative estimate of drug-likeness (QED) is 0.412. The number of hydrogen-bond acceptors (Lipinski definition) is 8. The highest BCUT2D eigenvalue weighted by Gasteiger charge is 2.49. The van der Waals surface area contributed by atoms with E-state index in [0.717, 1.165) is 114 Å². The Morgan fingerprint density at radius 2 is 1.81 bits per heavy atom. The van der Waals surface area contributed by atoms with E-state index in [9.17, 15) is 13.2 Å². The number of amides is 1. The van der Waals surface area contributed by atoms with E-state index in [1.54, 1.807) is 13.0 Å². The van der Waals surface area contributed by atoms with Crippen molar-refractivity contribution in [3.8, 4) is 5.75 Å². The summed E-state index contributed by atoms with van der Waals surface area (Å²) in [7, 11) is -2.04. The van der Waals surface area contributed by atoms with Crippen LogP contribution in [-0.4, -0.2) is 83.1 Å². The first-order valence-electron chi connectivity index (χ1n) is 17.8. The standard InChI is InChI=1S/C37H52ClN3O6S/c1-26-7-6-15-37(45-3,25-40-17-19-46-20-18-40)33-13-10-30(33)23-41-16-5-4-8-28-21-32(38)12-9-31(28)24-47-35-14-11-29(22-34(35)41)36(42)39-48(43,44)27(26)2/h9,11-12,14,21-22,26-27,30,33H,4-8,10,13,15-20,23-25H2,1-3H3,(H,39,42)/t26-,27+,30-,33+,37-/m0/s1. The van der Waals surface area contributed by atoms with E-state index in [4.69, 9.17) is 25.8 Å². The molecular formula is C37H52ClN3O6S. The van der Waals surface area contributed by atoms with Crippen LogP contribution in [0.2, 0.25) is 5.02 Å². The molecule has 1 saturated heterocycles. The van der Waals surface area contributed by atoms with Gasteiger partial charge in [0.05, 0.1) is 29.8 Å². The van der Waals surface area contributed by atoms with Gasteiger partial charge in [-0.25, -0.2) is 13.1 Å². The molecule has 264 valence electrons. The number of benzene rings is 2. The Hall–Kier alpha value is -2.37. The Balaban J connectivity index is 1.39. The van der Waals surface area contributed by atoms with Crippen molar-refractivity contribution in [2.24, 2.45) is 17.8 Å². The van der Waals surface area contributed by atoms with Gasteiger partial charge in [-0.3, -0.25) is 9.69 Å². The molecule has 5 atom stereocenters. The summed E-state index contributed by atoms with van der Waals surface area (Å²) in [5.41, 5.74) is 3.08. The summed E-state index contributed by atoms with van der Waals surface area (Å²) >= 11 is 6.38. The maximum absolute atomic E-state index is 13.5. The number of halogens is 1. The highest BCUT2D eigenvalue weighted by molar-refractivity contribution is 7.90. The number of aryl methyl sites for hydroxylation is 1. The molecule has 0 spiro atoms. The maximum atomic E-state index is 13.5. The van der Waals surface area contributed by atoms with E-state index in [0.29, 0.717) is 29.8 Å². The number of methoxy groups -OCH3 is 1. The molecule has 3 aliphatic heterocycles. The van der Waals surface area contributed by atoms with Crippen molar-refractivity contribution in [2.45, 2.75) is 82.7 Å². The molecule has 11 heteroatoms. The lowest BCUT2D eigenvalue weighted by Crippen LogP contribution is -2.58. The van der Waals surface area contributed by atoms with Gasteiger partial charge in [0.15, 0.2) is 0 Å². The molecule has 2 fully saturated rings. The topological polar surface area (TPSA) is 97.4 Å². The monoisotopic (exact) mass is 701 g/mol. The number of morpholine rings is 1. The van der Waals surface area contributed by atoms with Gasteiger partial charge in [0.2, 0.25) is 10.0 Å². The van der Waals surface area contributed by atoms with Gasteiger partial charge in [0.25, 0.3) is 5.91 Å². The number of sulfonamides is 1. The zero-order valence-electron chi connectivity index (χ0n) is 28.7. The molecule has 4 aliphatic rings. The minimum Gasteiger partial charge on any atom is -0.487 e. The fraction of sp³-hybridized carbons (Fsp3) is 0.649. The summed E-state index contributed by atoms with van der Waals surface area (Å²) in [5, 5.41) is -0.00518. The second kappa shape index (κ2) is 15.3. The van der Waals surface area contributed by atoms with Crippen molar-refractivity contribution in [2.75, 3.05) is 57.9 Å². The zero-order chi connectivity index (χ0) is 33.9. The van der Waals surface area contributed by atoms with Crippen LogP contribution in [0.4, 0.5) is 5.69 Å². The molecule has 2 aromatic carbocycles. The lowest BCUT2D eigenvalue weighted by atomic mass is 9.62. The summed E-state index contributed by atoms with van der Waals surface area (Å²) in [5.74, 6) is 0.704. The summed E-state index contributed by atoms with van der Waals surface area (Å²) < 4.78 is 48.2. The van der Waals surface area contributed by atoms with Gasteiger partial charge in [-0.05, 0) is 111 Å². The number of carbonyl (C=O) groups excluding carboxylic acids is 1. The Morgan fingerprint density at radius 1 is 1.00 bits per heavy atom. The average molecular weight is 702 g/mol. The van der Waals surface area contributed by atoms with Crippen LogP contribution >= 0.6 is 11.6 Å². The van der Waals surface area contributed by atoms with E-state index in [-0.39, 0.29) is 11.5 Å². The molecule has 6 rings (SSSR count). The van der Waals surface area contributed by atoms with Crippen molar-refractivity contribution >= 4 is 33.2 Å². The molecule has 0 radical (unpaired) electrons. The van der Waals surface area contributed by atoms with Crippen LogP contribution < -0.4 is 14.4 Å². The van der Waals surface area contributed by atoms with Crippen LogP contribution in [0.25, 0.3) is 0 Å². The van der Waals surface area contributed by atoms with Crippen molar-refractivity contribution in [3.63, 3.8) is 0 Å². The minimum atomic E-state index is -3.91. The molecule has 48 heavy (non-hydrogen) atoms. The molecule has 1 aliphatic carbocycles. The van der Waals surface area contributed by atoms with Crippen molar-refractivity contribution in [1.29, 1.82) is 0 Å². The van der Waals surface area contributed by atoms with Gasteiger partial charge in [-0.2, -0.15) is 0 Å². The third kappa shape index (κ3) is 7.83. The van der Waals surface area contributed by atoms with E-state index in [1.807, 2.05) is 44.4 Å². The highest BCUT2D eigenvalue weighted by atomic mass is 35.5. The Bertz CT molecular complexity index is 1550. The molecule has 2 aromatic rings. The SMILES string of the molecule is CO[C@]1(CN2CCOCC2)CCC[C@H](C)[C@@H](C)S(=O)(=O)NC(=O)c2ccc3c(c2)N(CCCCc2cc(Cl)ccc2CO3)C[C@@H]2CC[C@H]21. The predicted octanol–water partition coefficient (Wildman–Crippen LogP) is 6.07. The summed E-state index contributed by atoms with van der Waals surface area (Å²) in [6, 6.07) is 11.3. The lowest BCUT2D eigenvalue weighted by molar-refractivity contribution is -0.137. The normalized spacial score (nSPS) is 30.4. The minimum absolute atomic E-state index is 0.132. The van der Waals surface area contributed by atoms with Crippen molar-refractivity contribution in [1.82, 2.24) is 9.62 Å². The van der Waals surface area contributed by atoms with Gasteiger partial charge >= 0.3 is 0 Å². The van der Waals surface area contributed by atoms with Crippen molar-refractivity contribution < 1.29 is 27.4 Å². The number of hydrogen-bond donors (Lipinski definition) is 1. The van der Waals surface area contributed by atoms with E-state index in [1.165, 1.54) is 5.56 Å². The molecule has 0 aromatic heterocycles. The second-order valence-corrected chi connectivity index (χ2v) is 16.9.